The monoisotopic (exact) mass is 447 g/mol. The second-order valence-electron chi connectivity index (χ2n) is 9.19. The first-order valence-electron chi connectivity index (χ1n) is 12.0. The van der Waals surface area contributed by atoms with Gasteiger partial charge in [0.15, 0.2) is 0 Å². The minimum absolute atomic E-state index is 0.00493. The summed E-state index contributed by atoms with van der Waals surface area (Å²) in [5.41, 5.74) is 2.07. The molecule has 1 N–H and O–H groups in total. The zero-order valence-electron chi connectivity index (χ0n) is 19.2. The quantitative estimate of drug-likeness (QED) is 0.631. The van der Waals surface area contributed by atoms with E-state index in [1.54, 1.807) is 4.90 Å². The molecule has 174 valence electrons. The third-order valence-electron chi connectivity index (χ3n) is 7.01. The van der Waals surface area contributed by atoms with Crippen LogP contribution in [0.15, 0.2) is 60.7 Å². The molecule has 2 aromatic carbocycles. The fraction of sp³-hybridized carbons (Fsp3) is 0.444. The predicted octanol–water partition coefficient (Wildman–Crippen LogP) is 3.31. The van der Waals surface area contributed by atoms with Crippen LogP contribution < -0.4 is 5.32 Å². The highest BCUT2D eigenvalue weighted by Gasteiger charge is 2.46. The number of likely N-dealkylation sites (tertiary alicyclic amines) is 2. The highest BCUT2D eigenvalue weighted by molar-refractivity contribution is 5.85. The lowest BCUT2D eigenvalue weighted by Crippen LogP contribution is -2.46. The molecule has 2 aliphatic rings. The Hall–Kier alpha value is -3.15. The summed E-state index contributed by atoms with van der Waals surface area (Å²) in [7, 11) is 0. The number of nitrogens with one attached hydrogen (secondary N) is 1. The van der Waals surface area contributed by atoms with Gasteiger partial charge in [0, 0.05) is 38.0 Å². The number of hydrogen-bond donors (Lipinski definition) is 1. The van der Waals surface area contributed by atoms with Crippen molar-refractivity contribution in [3.63, 3.8) is 0 Å². The van der Waals surface area contributed by atoms with Crippen LogP contribution in [-0.4, -0.2) is 52.7 Å². The van der Waals surface area contributed by atoms with Gasteiger partial charge in [0.05, 0.1) is 6.54 Å². The molecule has 0 aromatic heterocycles. The molecule has 3 amide bonds. The molecule has 0 aliphatic carbocycles. The van der Waals surface area contributed by atoms with Crippen molar-refractivity contribution in [2.24, 2.45) is 0 Å². The normalized spacial score (nSPS) is 20.8. The van der Waals surface area contributed by atoms with Crippen molar-refractivity contribution in [2.45, 2.75) is 57.0 Å². The Kier molecular flexibility index (Phi) is 7.43. The van der Waals surface area contributed by atoms with Crippen molar-refractivity contribution in [1.29, 1.82) is 0 Å². The Labute approximate surface area is 196 Å². The van der Waals surface area contributed by atoms with Crippen molar-refractivity contribution < 1.29 is 14.4 Å². The summed E-state index contributed by atoms with van der Waals surface area (Å²) in [6.45, 7) is 1.77. The number of carbonyl (C=O) groups excluding carboxylic acids is 3. The van der Waals surface area contributed by atoms with E-state index in [1.165, 1.54) is 5.56 Å². The fourth-order valence-corrected chi connectivity index (χ4v) is 5.07. The Morgan fingerprint density at radius 2 is 1.48 bits per heavy atom. The Morgan fingerprint density at radius 1 is 0.848 bits per heavy atom. The lowest BCUT2D eigenvalue weighted by atomic mass is 9.87. The van der Waals surface area contributed by atoms with Gasteiger partial charge in [0.25, 0.3) is 0 Å². The number of benzene rings is 2. The Bertz CT molecular complexity index is 963. The molecule has 2 heterocycles. The van der Waals surface area contributed by atoms with Gasteiger partial charge in [-0.15, -0.1) is 0 Å². The number of carbonyl (C=O) groups is 3. The molecule has 1 unspecified atom stereocenters. The summed E-state index contributed by atoms with van der Waals surface area (Å²) in [4.78, 5) is 41.7. The number of hydrogen-bond acceptors (Lipinski definition) is 3. The highest BCUT2D eigenvalue weighted by atomic mass is 16.2. The van der Waals surface area contributed by atoms with Gasteiger partial charge in [0.2, 0.25) is 17.7 Å². The van der Waals surface area contributed by atoms with Gasteiger partial charge < -0.3 is 15.1 Å². The van der Waals surface area contributed by atoms with Crippen molar-refractivity contribution in [1.82, 2.24) is 15.1 Å². The third-order valence-corrected chi connectivity index (χ3v) is 7.01. The first kappa shape index (κ1) is 23.0. The molecule has 2 aliphatic heterocycles. The molecular weight excluding hydrogens is 414 g/mol. The second-order valence-corrected chi connectivity index (χ2v) is 9.19. The Morgan fingerprint density at radius 3 is 2.18 bits per heavy atom. The summed E-state index contributed by atoms with van der Waals surface area (Å²) >= 11 is 0. The van der Waals surface area contributed by atoms with E-state index in [0.29, 0.717) is 38.9 Å². The number of nitrogens with zero attached hydrogens (tertiary/aromatic N) is 2. The smallest absolute Gasteiger partial charge is 0.239 e. The number of aryl methyl sites for hydroxylation is 1. The third kappa shape index (κ3) is 5.81. The zero-order chi connectivity index (χ0) is 23.1. The molecule has 0 saturated carbocycles. The van der Waals surface area contributed by atoms with Gasteiger partial charge in [-0.1, -0.05) is 60.7 Å². The maximum atomic E-state index is 12.8. The summed E-state index contributed by atoms with van der Waals surface area (Å²) in [6.07, 6.45) is 4.85. The van der Waals surface area contributed by atoms with Crippen LogP contribution in [0.1, 0.15) is 49.7 Å². The Balaban J connectivity index is 1.29. The van der Waals surface area contributed by atoms with Crippen LogP contribution in [0.2, 0.25) is 0 Å². The molecule has 0 radical (unpaired) electrons. The van der Waals surface area contributed by atoms with Crippen LogP contribution in [-0.2, 0) is 27.3 Å². The lowest BCUT2D eigenvalue weighted by molar-refractivity contribution is -0.135. The number of rotatable bonds is 8. The summed E-state index contributed by atoms with van der Waals surface area (Å²) < 4.78 is 0. The van der Waals surface area contributed by atoms with E-state index in [0.717, 1.165) is 31.2 Å². The van der Waals surface area contributed by atoms with E-state index in [2.05, 4.69) is 17.4 Å². The predicted molar refractivity (Wildman–Crippen MR) is 127 cm³/mol. The van der Waals surface area contributed by atoms with Crippen molar-refractivity contribution in [3.8, 4) is 0 Å². The minimum atomic E-state index is -0.288. The lowest BCUT2D eigenvalue weighted by Gasteiger charge is -2.38. The van der Waals surface area contributed by atoms with E-state index < -0.39 is 0 Å². The molecule has 2 saturated heterocycles. The molecule has 4 rings (SSSR count). The molecule has 2 aromatic rings. The van der Waals surface area contributed by atoms with Gasteiger partial charge in [-0.3, -0.25) is 14.4 Å². The average molecular weight is 448 g/mol. The van der Waals surface area contributed by atoms with Crippen LogP contribution in [0.4, 0.5) is 0 Å². The van der Waals surface area contributed by atoms with E-state index in [4.69, 9.17) is 0 Å². The molecule has 2 fully saturated rings. The van der Waals surface area contributed by atoms with Crippen LogP contribution in [0.5, 0.6) is 0 Å². The highest BCUT2D eigenvalue weighted by Crippen LogP contribution is 2.40. The maximum absolute atomic E-state index is 12.8. The van der Waals surface area contributed by atoms with Gasteiger partial charge in [-0.25, -0.2) is 0 Å². The van der Waals surface area contributed by atoms with Gasteiger partial charge in [-0.05, 0) is 43.2 Å². The van der Waals surface area contributed by atoms with Crippen LogP contribution in [0, 0.1) is 0 Å². The summed E-state index contributed by atoms with van der Waals surface area (Å²) in [6, 6.07) is 20.2. The van der Waals surface area contributed by atoms with Crippen molar-refractivity contribution in [2.75, 3.05) is 19.6 Å². The SMILES string of the molecule is O=C(CN1CCC2(CCC1=O)CCC(=O)N2Cc1ccccc1)NCCCc1ccccc1. The van der Waals surface area contributed by atoms with Gasteiger partial charge in [-0.2, -0.15) is 0 Å². The summed E-state index contributed by atoms with van der Waals surface area (Å²) in [5.74, 6) is 0.0530. The van der Waals surface area contributed by atoms with E-state index >= 15 is 0 Å². The number of amides is 3. The average Bonchev–Trinajstić information content (AvgIpc) is 3.05. The van der Waals surface area contributed by atoms with Crippen molar-refractivity contribution >= 4 is 17.7 Å². The maximum Gasteiger partial charge on any atom is 0.239 e. The van der Waals surface area contributed by atoms with Gasteiger partial charge >= 0.3 is 0 Å². The largest absolute Gasteiger partial charge is 0.355 e. The first-order valence-corrected chi connectivity index (χ1v) is 12.0. The van der Waals surface area contributed by atoms with Crippen LogP contribution in [0.3, 0.4) is 0 Å². The second kappa shape index (κ2) is 10.6. The molecule has 1 spiro atoms. The van der Waals surface area contributed by atoms with Crippen LogP contribution in [0.25, 0.3) is 0 Å². The van der Waals surface area contributed by atoms with E-state index in [1.807, 2.05) is 53.4 Å². The molecule has 33 heavy (non-hydrogen) atoms. The van der Waals surface area contributed by atoms with Gasteiger partial charge in [0.1, 0.15) is 0 Å². The van der Waals surface area contributed by atoms with E-state index in [-0.39, 0.29) is 29.8 Å². The minimum Gasteiger partial charge on any atom is -0.355 e. The van der Waals surface area contributed by atoms with Crippen molar-refractivity contribution in [3.05, 3.63) is 71.8 Å². The standard InChI is InChI=1S/C27H33N3O3/c31-24(28-18-7-12-22-8-3-1-4-9-22)21-29-19-17-27(15-13-25(29)32)16-14-26(33)30(27)20-23-10-5-2-6-11-23/h1-6,8-11H,7,12-21H2,(H,28,31). The summed E-state index contributed by atoms with van der Waals surface area (Å²) in [5, 5.41) is 2.95. The fourth-order valence-electron chi connectivity index (χ4n) is 5.07. The molecule has 6 heteroatoms. The molecular formula is C27H33N3O3. The topological polar surface area (TPSA) is 69.7 Å². The molecule has 0 bridgehead atoms. The first-order chi connectivity index (χ1) is 16.1. The molecule has 6 nitrogen and oxygen atoms in total. The molecule has 1 atom stereocenters. The van der Waals surface area contributed by atoms with Crippen LogP contribution >= 0.6 is 0 Å². The van der Waals surface area contributed by atoms with E-state index in [9.17, 15) is 14.4 Å². The zero-order valence-corrected chi connectivity index (χ0v) is 19.2.